The quantitative estimate of drug-likeness (QED) is 0.910. The Hall–Kier alpha value is -1.40. The highest BCUT2D eigenvalue weighted by molar-refractivity contribution is 7.89. The molecule has 23 heavy (non-hydrogen) atoms. The number of nitrogens with one attached hydrogen (secondary N) is 1. The number of hydrogen-bond acceptors (Lipinski definition) is 3. The Morgan fingerprint density at radius 2 is 1.91 bits per heavy atom. The smallest absolute Gasteiger partial charge is 0.243 e. The van der Waals surface area contributed by atoms with Crippen LogP contribution in [0.2, 0.25) is 0 Å². The van der Waals surface area contributed by atoms with E-state index >= 15 is 0 Å². The van der Waals surface area contributed by atoms with Crippen LogP contribution in [-0.4, -0.2) is 38.3 Å². The van der Waals surface area contributed by atoms with E-state index in [2.05, 4.69) is 5.32 Å². The third-order valence-electron chi connectivity index (χ3n) is 4.88. The minimum absolute atomic E-state index is 0.0436. The molecule has 1 aliphatic carbocycles. The van der Waals surface area contributed by atoms with Crippen LogP contribution in [0.5, 0.6) is 0 Å². The average Bonchev–Trinajstić information content (AvgIpc) is 3.03. The maximum absolute atomic E-state index is 12.8. The van der Waals surface area contributed by atoms with E-state index in [9.17, 15) is 13.2 Å². The van der Waals surface area contributed by atoms with Gasteiger partial charge in [-0.05, 0) is 62.3 Å². The minimum atomic E-state index is -3.44. The zero-order valence-corrected chi connectivity index (χ0v) is 14.4. The molecular weight excluding hydrogens is 312 g/mol. The Morgan fingerprint density at radius 1 is 1.22 bits per heavy atom. The Kier molecular flexibility index (Phi) is 4.73. The van der Waals surface area contributed by atoms with E-state index in [-0.39, 0.29) is 11.8 Å². The summed E-state index contributed by atoms with van der Waals surface area (Å²) in [6.07, 6.45) is 4.31. The first-order valence-electron chi connectivity index (χ1n) is 8.42. The Bertz CT molecular complexity index is 692. The van der Waals surface area contributed by atoms with Gasteiger partial charge >= 0.3 is 0 Å². The summed E-state index contributed by atoms with van der Waals surface area (Å²) < 4.78 is 27.2. The molecule has 5 nitrogen and oxygen atoms in total. The lowest BCUT2D eigenvalue weighted by Crippen LogP contribution is -2.42. The van der Waals surface area contributed by atoms with E-state index < -0.39 is 10.0 Å². The molecule has 0 saturated carbocycles. The van der Waals surface area contributed by atoms with Crippen molar-refractivity contribution < 1.29 is 13.2 Å². The maximum Gasteiger partial charge on any atom is 0.243 e. The lowest BCUT2D eigenvalue weighted by Gasteiger charge is -2.30. The number of piperidine rings is 1. The number of nitrogens with zero attached hydrogens (tertiary/aromatic N) is 1. The number of carbonyl (C=O) groups excluding carboxylic acids is 1. The van der Waals surface area contributed by atoms with Gasteiger partial charge in [0.1, 0.15) is 0 Å². The van der Waals surface area contributed by atoms with Gasteiger partial charge in [0.15, 0.2) is 0 Å². The first kappa shape index (κ1) is 16.5. The van der Waals surface area contributed by atoms with Crippen molar-refractivity contribution in [3.05, 3.63) is 29.3 Å². The number of aryl methyl sites for hydroxylation is 2. The molecule has 126 valence electrons. The summed E-state index contributed by atoms with van der Waals surface area (Å²) >= 11 is 0. The van der Waals surface area contributed by atoms with Gasteiger partial charge in [-0.1, -0.05) is 6.07 Å². The molecule has 0 radical (unpaired) electrons. The molecule has 0 bridgehead atoms. The second kappa shape index (κ2) is 6.61. The molecule has 1 amide bonds. The lowest BCUT2D eigenvalue weighted by molar-refractivity contribution is -0.126. The Balaban J connectivity index is 1.71. The van der Waals surface area contributed by atoms with E-state index in [0.717, 1.165) is 19.3 Å². The monoisotopic (exact) mass is 336 g/mol. The van der Waals surface area contributed by atoms with Gasteiger partial charge in [-0.2, -0.15) is 4.31 Å². The number of carbonyl (C=O) groups is 1. The summed E-state index contributed by atoms with van der Waals surface area (Å²) in [4.78, 5) is 12.3. The van der Waals surface area contributed by atoms with Crippen molar-refractivity contribution in [3.63, 3.8) is 0 Å². The molecule has 6 heteroatoms. The average molecular weight is 336 g/mol. The van der Waals surface area contributed by atoms with Gasteiger partial charge in [0.05, 0.1) is 4.90 Å². The predicted octanol–water partition coefficient (Wildman–Crippen LogP) is 1.71. The largest absolute Gasteiger partial charge is 0.356 e. The highest BCUT2D eigenvalue weighted by Crippen LogP contribution is 2.28. The molecule has 1 heterocycles. The summed E-state index contributed by atoms with van der Waals surface area (Å²) in [5, 5.41) is 2.82. The zero-order chi connectivity index (χ0) is 16.4. The fraction of sp³-hybridized carbons (Fsp3) is 0.588. The molecule has 2 aliphatic rings. The van der Waals surface area contributed by atoms with Crippen LogP contribution < -0.4 is 5.32 Å². The van der Waals surface area contributed by atoms with Gasteiger partial charge in [-0.25, -0.2) is 8.42 Å². The summed E-state index contributed by atoms with van der Waals surface area (Å²) in [6, 6.07) is 5.53. The van der Waals surface area contributed by atoms with Crippen LogP contribution in [0.25, 0.3) is 0 Å². The number of fused-ring (bicyclic) bond motifs is 1. The SMILES string of the molecule is CCNC(=O)C1CCN(S(=O)(=O)c2ccc3c(c2)CCC3)CC1. The molecule has 0 atom stereocenters. The van der Waals surface area contributed by atoms with Crippen LogP contribution >= 0.6 is 0 Å². The van der Waals surface area contributed by atoms with Gasteiger partial charge in [0.2, 0.25) is 15.9 Å². The summed E-state index contributed by atoms with van der Waals surface area (Å²) in [5.41, 5.74) is 2.45. The maximum atomic E-state index is 12.8. The lowest BCUT2D eigenvalue weighted by atomic mass is 9.97. The first-order valence-corrected chi connectivity index (χ1v) is 9.86. The highest BCUT2D eigenvalue weighted by Gasteiger charge is 2.32. The molecule has 1 N–H and O–H groups in total. The number of rotatable bonds is 4. The summed E-state index contributed by atoms with van der Waals surface area (Å²) in [7, 11) is -3.44. The Labute approximate surface area is 138 Å². The van der Waals surface area contributed by atoms with Crippen molar-refractivity contribution in [2.24, 2.45) is 5.92 Å². The van der Waals surface area contributed by atoms with Crippen molar-refractivity contribution >= 4 is 15.9 Å². The van der Waals surface area contributed by atoms with Crippen molar-refractivity contribution in [3.8, 4) is 0 Å². The van der Waals surface area contributed by atoms with Crippen LogP contribution in [0.1, 0.15) is 37.3 Å². The second-order valence-corrected chi connectivity index (χ2v) is 8.29. The van der Waals surface area contributed by atoms with E-state index in [4.69, 9.17) is 0 Å². The topological polar surface area (TPSA) is 66.5 Å². The van der Waals surface area contributed by atoms with Gasteiger partial charge in [-0.15, -0.1) is 0 Å². The number of benzene rings is 1. The molecule has 1 aromatic carbocycles. The number of amides is 1. The van der Waals surface area contributed by atoms with Crippen molar-refractivity contribution in [2.45, 2.75) is 43.9 Å². The van der Waals surface area contributed by atoms with Crippen molar-refractivity contribution in [1.82, 2.24) is 9.62 Å². The molecule has 0 unspecified atom stereocenters. The molecule has 0 spiro atoms. The van der Waals surface area contributed by atoms with Crippen LogP contribution in [0.15, 0.2) is 23.1 Å². The Morgan fingerprint density at radius 3 is 2.61 bits per heavy atom. The summed E-state index contributed by atoms with van der Waals surface area (Å²) in [6.45, 7) is 3.35. The van der Waals surface area contributed by atoms with E-state index in [1.165, 1.54) is 15.4 Å². The predicted molar refractivity (Wildman–Crippen MR) is 88.6 cm³/mol. The molecule has 1 aromatic rings. The van der Waals surface area contributed by atoms with Crippen LogP contribution in [-0.2, 0) is 27.7 Å². The standard InChI is InChI=1S/C17H24N2O3S/c1-2-18-17(20)14-8-10-19(11-9-14)23(21,22)16-7-6-13-4-3-5-15(13)12-16/h6-7,12,14H,2-5,8-11H2,1H3,(H,18,20). The fourth-order valence-corrected chi connectivity index (χ4v) is 5.06. The van der Waals surface area contributed by atoms with E-state index in [0.29, 0.717) is 37.4 Å². The minimum Gasteiger partial charge on any atom is -0.356 e. The van der Waals surface area contributed by atoms with Crippen molar-refractivity contribution in [1.29, 1.82) is 0 Å². The molecule has 1 aliphatic heterocycles. The van der Waals surface area contributed by atoms with Gasteiger partial charge < -0.3 is 5.32 Å². The van der Waals surface area contributed by atoms with Gasteiger partial charge in [-0.3, -0.25) is 4.79 Å². The molecule has 0 aromatic heterocycles. The highest BCUT2D eigenvalue weighted by atomic mass is 32.2. The molecule has 1 fully saturated rings. The van der Waals surface area contributed by atoms with Gasteiger partial charge in [0, 0.05) is 25.6 Å². The van der Waals surface area contributed by atoms with Crippen LogP contribution in [0.4, 0.5) is 0 Å². The normalized spacial score (nSPS) is 19.5. The number of hydrogen-bond donors (Lipinski definition) is 1. The molecular formula is C17H24N2O3S. The molecule has 1 saturated heterocycles. The summed E-state index contributed by atoms with van der Waals surface area (Å²) in [5.74, 6) is -0.0245. The third-order valence-corrected chi connectivity index (χ3v) is 6.78. The van der Waals surface area contributed by atoms with E-state index in [1.807, 2.05) is 19.1 Å². The first-order chi connectivity index (χ1) is 11.0. The van der Waals surface area contributed by atoms with Crippen LogP contribution in [0, 0.1) is 5.92 Å². The molecule has 3 rings (SSSR count). The van der Waals surface area contributed by atoms with Crippen molar-refractivity contribution in [2.75, 3.05) is 19.6 Å². The van der Waals surface area contributed by atoms with E-state index in [1.54, 1.807) is 6.07 Å². The third kappa shape index (κ3) is 3.28. The van der Waals surface area contributed by atoms with Crippen LogP contribution in [0.3, 0.4) is 0 Å². The fourth-order valence-electron chi connectivity index (χ4n) is 3.53. The van der Waals surface area contributed by atoms with Gasteiger partial charge in [0.25, 0.3) is 0 Å². The second-order valence-electron chi connectivity index (χ2n) is 6.36. The number of sulfonamides is 1. The zero-order valence-electron chi connectivity index (χ0n) is 13.5.